The maximum atomic E-state index is 12.7. The van der Waals surface area contributed by atoms with Gasteiger partial charge in [-0.2, -0.15) is 0 Å². The van der Waals surface area contributed by atoms with Crippen molar-refractivity contribution >= 4 is 17.7 Å². The molecule has 2 N–H and O–H groups in total. The predicted octanol–water partition coefficient (Wildman–Crippen LogP) is 2.18. The van der Waals surface area contributed by atoms with E-state index in [-0.39, 0.29) is 30.7 Å². The second-order valence-electron chi connectivity index (χ2n) is 8.23. The van der Waals surface area contributed by atoms with Crippen LogP contribution < -0.4 is 15.4 Å². The van der Waals surface area contributed by atoms with Gasteiger partial charge in [-0.05, 0) is 36.6 Å². The quantitative estimate of drug-likeness (QED) is 0.792. The van der Waals surface area contributed by atoms with E-state index in [0.717, 1.165) is 11.1 Å². The largest absolute Gasteiger partial charge is 0.485 e. The highest BCUT2D eigenvalue weighted by atomic mass is 16.5. The summed E-state index contributed by atoms with van der Waals surface area (Å²) in [5.41, 5.74) is 2.01. The van der Waals surface area contributed by atoms with Gasteiger partial charge in [-0.25, -0.2) is 0 Å². The maximum Gasteiger partial charge on any atom is 0.255 e. The number of rotatable bonds is 4. The number of likely N-dealkylation sites (tertiary alicyclic amines) is 1. The van der Waals surface area contributed by atoms with Crippen LogP contribution in [-0.2, 0) is 16.1 Å². The number of nitrogens with zero attached hydrogens (tertiary/aromatic N) is 1. The highest BCUT2D eigenvalue weighted by Gasteiger charge is 2.40. The van der Waals surface area contributed by atoms with Gasteiger partial charge in [-0.1, -0.05) is 36.4 Å². The summed E-state index contributed by atoms with van der Waals surface area (Å²) in [6.45, 7) is 3.19. The van der Waals surface area contributed by atoms with E-state index in [0.29, 0.717) is 43.8 Å². The van der Waals surface area contributed by atoms with E-state index in [1.54, 1.807) is 23.1 Å². The SMILES string of the molecule is Cc1ccccc1CNC(=O)CN1CCC2(CCC1=O)CNC(=O)c1ccccc1O2. The third-order valence-corrected chi connectivity index (χ3v) is 6.09. The number of carbonyl (C=O) groups excluding carboxylic acids is 3. The lowest BCUT2D eigenvalue weighted by Gasteiger charge is -2.32. The summed E-state index contributed by atoms with van der Waals surface area (Å²) < 4.78 is 6.29. The first-order valence-electron chi connectivity index (χ1n) is 10.6. The molecular formula is C24H27N3O4. The minimum atomic E-state index is -0.662. The third-order valence-electron chi connectivity index (χ3n) is 6.09. The van der Waals surface area contributed by atoms with Crippen LogP contribution >= 0.6 is 0 Å². The van der Waals surface area contributed by atoms with Crippen LogP contribution in [0, 0.1) is 6.92 Å². The molecule has 3 amide bonds. The topological polar surface area (TPSA) is 87.7 Å². The molecule has 31 heavy (non-hydrogen) atoms. The van der Waals surface area contributed by atoms with Gasteiger partial charge in [0.15, 0.2) is 0 Å². The normalized spacial score (nSPS) is 20.9. The van der Waals surface area contributed by atoms with Gasteiger partial charge >= 0.3 is 0 Å². The van der Waals surface area contributed by atoms with Gasteiger partial charge in [0.05, 0.1) is 18.7 Å². The minimum absolute atomic E-state index is 0.0176. The number of hydrogen-bond acceptors (Lipinski definition) is 4. The summed E-state index contributed by atoms with van der Waals surface area (Å²) in [7, 11) is 0. The lowest BCUT2D eigenvalue weighted by molar-refractivity contribution is -0.135. The van der Waals surface area contributed by atoms with Crippen molar-refractivity contribution in [1.29, 1.82) is 0 Å². The second kappa shape index (κ2) is 8.79. The van der Waals surface area contributed by atoms with Gasteiger partial charge in [0.1, 0.15) is 11.4 Å². The molecule has 1 unspecified atom stereocenters. The zero-order valence-electron chi connectivity index (χ0n) is 17.6. The van der Waals surface area contributed by atoms with Gasteiger partial charge in [0, 0.05) is 25.9 Å². The molecule has 7 heteroatoms. The lowest BCUT2D eigenvalue weighted by Crippen LogP contribution is -2.46. The molecule has 0 saturated carbocycles. The highest BCUT2D eigenvalue weighted by molar-refractivity contribution is 5.97. The van der Waals surface area contributed by atoms with E-state index < -0.39 is 5.60 Å². The lowest BCUT2D eigenvalue weighted by atomic mass is 9.94. The molecule has 1 atom stereocenters. The number of ether oxygens (including phenoxy) is 1. The van der Waals surface area contributed by atoms with Crippen LogP contribution in [0.15, 0.2) is 48.5 Å². The Balaban J connectivity index is 1.39. The molecule has 2 heterocycles. The molecule has 2 aliphatic rings. The average molecular weight is 421 g/mol. The van der Waals surface area contributed by atoms with E-state index in [2.05, 4.69) is 10.6 Å². The van der Waals surface area contributed by atoms with Crippen molar-refractivity contribution < 1.29 is 19.1 Å². The maximum absolute atomic E-state index is 12.7. The molecule has 1 fully saturated rings. The molecule has 0 bridgehead atoms. The molecular weight excluding hydrogens is 394 g/mol. The smallest absolute Gasteiger partial charge is 0.255 e. The molecule has 0 aliphatic carbocycles. The fourth-order valence-corrected chi connectivity index (χ4v) is 4.11. The summed E-state index contributed by atoms with van der Waals surface area (Å²) in [5, 5.41) is 5.84. The van der Waals surface area contributed by atoms with E-state index in [9.17, 15) is 14.4 Å². The van der Waals surface area contributed by atoms with E-state index >= 15 is 0 Å². The number of carbonyl (C=O) groups is 3. The zero-order valence-corrected chi connectivity index (χ0v) is 17.6. The van der Waals surface area contributed by atoms with Crippen molar-refractivity contribution in [2.45, 2.75) is 38.3 Å². The van der Waals surface area contributed by atoms with Crippen molar-refractivity contribution in [3.8, 4) is 5.75 Å². The molecule has 0 radical (unpaired) electrons. The number of hydrogen-bond donors (Lipinski definition) is 2. The number of aryl methyl sites for hydroxylation is 1. The summed E-state index contributed by atoms with van der Waals surface area (Å²) in [6, 6.07) is 15.0. The number of para-hydroxylation sites is 1. The molecule has 2 aliphatic heterocycles. The van der Waals surface area contributed by atoms with Gasteiger partial charge in [0.25, 0.3) is 5.91 Å². The number of amides is 3. The fraction of sp³-hybridized carbons (Fsp3) is 0.375. The first-order valence-corrected chi connectivity index (χ1v) is 10.6. The monoisotopic (exact) mass is 421 g/mol. The van der Waals surface area contributed by atoms with Crippen molar-refractivity contribution in [2.75, 3.05) is 19.6 Å². The van der Waals surface area contributed by atoms with Crippen LogP contribution in [0.1, 0.15) is 40.7 Å². The van der Waals surface area contributed by atoms with Crippen LogP contribution in [-0.4, -0.2) is 47.9 Å². The van der Waals surface area contributed by atoms with Crippen molar-refractivity contribution in [3.63, 3.8) is 0 Å². The molecule has 162 valence electrons. The summed E-state index contributed by atoms with van der Waals surface area (Å²) in [4.78, 5) is 39.2. The Morgan fingerprint density at radius 2 is 1.90 bits per heavy atom. The Morgan fingerprint density at radius 1 is 1.13 bits per heavy atom. The van der Waals surface area contributed by atoms with Crippen molar-refractivity contribution in [2.24, 2.45) is 0 Å². The molecule has 1 spiro atoms. The van der Waals surface area contributed by atoms with E-state index in [1.807, 2.05) is 37.3 Å². The highest BCUT2D eigenvalue weighted by Crippen LogP contribution is 2.33. The van der Waals surface area contributed by atoms with Gasteiger partial charge in [-0.15, -0.1) is 0 Å². The van der Waals surface area contributed by atoms with Gasteiger partial charge in [-0.3, -0.25) is 14.4 Å². The summed E-state index contributed by atoms with van der Waals surface area (Å²) in [6.07, 6.45) is 1.29. The molecule has 2 aromatic rings. The first kappa shape index (κ1) is 20.9. The van der Waals surface area contributed by atoms with Crippen LogP contribution in [0.4, 0.5) is 0 Å². The van der Waals surface area contributed by atoms with Crippen LogP contribution in [0.2, 0.25) is 0 Å². The fourth-order valence-electron chi connectivity index (χ4n) is 4.11. The third kappa shape index (κ3) is 4.71. The van der Waals surface area contributed by atoms with Gasteiger partial charge in [0.2, 0.25) is 11.8 Å². The van der Waals surface area contributed by atoms with Crippen LogP contribution in [0.25, 0.3) is 0 Å². The molecule has 2 aromatic carbocycles. The van der Waals surface area contributed by atoms with E-state index in [1.165, 1.54) is 0 Å². The molecule has 4 rings (SSSR count). The Hall–Kier alpha value is -3.35. The average Bonchev–Trinajstić information content (AvgIpc) is 3.01. The second-order valence-corrected chi connectivity index (χ2v) is 8.23. The van der Waals surface area contributed by atoms with E-state index in [4.69, 9.17) is 4.74 Å². The minimum Gasteiger partial charge on any atom is -0.485 e. The summed E-state index contributed by atoms with van der Waals surface area (Å²) in [5.74, 6) is 0.105. The van der Waals surface area contributed by atoms with Crippen LogP contribution in [0.5, 0.6) is 5.75 Å². The molecule has 1 saturated heterocycles. The number of fused-ring (bicyclic) bond motifs is 1. The number of benzene rings is 2. The standard InChI is InChI=1S/C24H27N3O4/c1-17-6-2-3-7-18(17)14-25-21(28)15-27-13-12-24(11-10-22(27)29)16-26-23(30)19-8-4-5-9-20(19)31-24/h2-9H,10-16H2,1H3,(H,25,28)(H,26,30). The Kier molecular flexibility index (Phi) is 5.93. The number of nitrogens with one attached hydrogen (secondary N) is 2. The summed E-state index contributed by atoms with van der Waals surface area (Å²) >= 11 is 0. The molecule has 0 aromatic heterocycles. The predicted molar refractivity (Wildman–Crippen MR) is 116 cm³/mol. The Labute approximate surface area is 181 Å². The zero-order chi connectivity index (χ0) is 21.8. The van der Waals surface area contributed by atoms with Crippen molar-refractivity contribution in [1.82, 2.24) is 15.5 Å². The first-order chi connectivity index (χ1) is 15.0. The Morgan fingerprint density at radius 3 is 2.74 bits per heavy atom. The van der Waals surface area contributed by atoms with Crippen LogP contribution in [0.3, 0.4) is 0 Å². The Bertz CT molecular complexity index is 1010. The van der Waals surface area contributed by atoms with Gasteiger partial charge < -0.3 is 20.3 Å². The van der Waals surface area contributed by atoms with Crippen molar-refractivity contribution in [3.05, 3.63) is 65.2 Å². The molecule has 7 nitrogen and oxygen atoms in total.